The third kappa shape index (κ3) is 0.583. The molecule has 7 atom stereocenters. The lowest BCUT2D eigenvalue weighted by Gasteiger charge is -2.44. The summed E-state index contributed by atoms with van der Waals surface area (Å²) in [6.45, 7) is 2.29. The van der Waals surface area contributed by atoms with Crippen molar-refractivity contribution in [1.29, 1.82) is 0 Å². The number of methoxy groups -OCH3 is 1. The van der Waals surface area contributed by atoms with Crippen molar-refractivity contribution in [3.05, 3.63) is 12.2 Å². The maximum Gasteiger partial charge on any atom is 0.0745 e. The van der Waals surface area contributed by atoms with E-state index in [2.05, 4.69) is 19.1 Å². The Morgan fingerprint density at radius 2 is 2.14 bits per heavy atom. The molecule has 6 bridgehead atoms. The summed E-state index contributed by atoms with van der Waals surface area (Å²) in [5, 5.41) is 0. The summed E-state index contributed by atoms with van der Waals surface area (Å²) in [6.07, 6.45) is 6.98. The summed E-state index contributed by atoms with van der Waals surface area (Å²) >= 11 is 0. The van der Waals surface area contributed by atoms with Gasteiger partial charge in [0.25, 0.3) is 0 Å². The number of hydrogen-bond donors (Lipinski definition) is 0. The number of ether oxygens (including phenoxy) is 2. The van der Waals surface area contributed by atoms with E-state index in [1.165, 1.54) is 6.42 Å². The van der Waals surface area contributed by atoms with Gasteiger partial charge in [0.2, 0.25) is 0 Å². The molecule has 5 rings (SSSR count). The summed E-state index contributed by atoms with van der Waals surface area (Å²) in [5.41, 5.74) is 0.0799. The molecule has 2 heterocycles. The lowest BCUT2D eigenvalue weighted by Crippen LogP contribution is -2.50. The molecule has 76 valence electrons. The minimum atomic E-state index is 0.0799. The maximum absolute atomic E-state index is 6.09. The molecular weight excluding hydrogens is 176 g/mol. The zero-order chi connectivity index (χ0) is 9.50. The van der Waals surface area contributed by atoms with E-state index in [1.54, 1.807) is 0 Å². The molecule has 14 heavy (non-hydrogen) atoms. The first kappa shape index (κ1) is 7.89. The Morgan fingerprint density at radius 1 is 1.36 bits per heavy atom. The van der Waals surface area contributed by atoms with Crippen LogP contribution in [0.1, 0.15) is 13.3 Å². The van der Waals surface area contributed by atoms with Crippen LogP contribution in [-0.2, 0) is 9.47 Å². The highest BCUT2D eigenvalue weighted by atomic mass is 16.5. The summed E-state index contributed by atoms with van der Waals surface area (Å²) in [6, 6.07) is 0. The highest BCUT2D eigenvalue weighted by Gasteiger charge is 2.70. The van der Waals surface area contributed by atoms with Gasteiger partial charge in [0.1, 0.15) is 0 Å². The van der Waals surface area contributed by atoms with Gasteiger partial charge in [-0.05, 0) is 19.3 Å². The van der Waals surface area contributed by atoms with Crippen LogP contribution in [-0.4, -0.2) is 24.9 Å². The van der Waals surface area contributed by atoms with Gasteiger partial charge in [-0.2, -0.15) is 0 Å². The largest absolute Gasteiger partial charge is 0.378 e. The van der Waals surface area contributed by atoms with E-state index in [0.29, 0.717) is 35.9 Å². The van der Waals surface area contributed by atoms with Crippen molar-refractivity contribution in [2.24, 2.45) is 23.7 Å². The fourth-order valence-electron chi connectivity index (χ4n) is 4.65. The topological polar surface area (TPSA) is 18.5 Å². The normalized spacial score (nSPS) is 67.0. The Hall–Kier alpha value is -0.340. The molecule has 0 radical (unpaired) electrons. The third-order valence-electron chi connectivity index (χ3n) is 5.25. The van der Waals surface area contributed by atoms with Crippen LogP contribution < -0.4 is 0 Å². The second-order valence-electron chi connectivity index (χ2n) is 5.43. The zero-order valence-electron chi connectivity index (χ0n) is 8.64. The van der Waals surface area contributed by atoms with E-state index in [9.17, 15) is 0 Å². The lowest BCUT2D eigenvalue weighted by molar-refractivity contribution is -0.112. The van der Waals surface area contributed by atoms with Crippen molar-refractivity contribution in [3.63, 3.8) is 0 Å². The maximum atomic E-state index is 6.09. The van der Waals surface area contributed by atoms with Gasteiger partial charge in [-0.25, -0.2) is 0 Å². The van der Waals surface area contributed by atoms with Crippen molar-refractivity contribution < 1.29 is 9.47 Å². The molecule has 0 spiro atoms. The van der Waals surface area contributed by atoms with Gasteiger partial charge in [-0.15, -0.1) is 0 Å². The van der Waals surface area contributed by atoms with E-state index in [-0.39, 0.29) is 5.60 Å². The van der Waals surface area contributed by atoms with E-state index in [1.807, 2.05) is 7.11 Å². The molecule has 3 aliphatic carbocycles. The monoisotopic (exact) mass is 192 g/mol. The van der Waals surface area contributed by atoms with Gasteiger partial charge < -0.3 is 9.47 Å². The molecule has 0 aromatic heterocycles. The van der Waals surface area contributed by atoms with Gasteiger partial charge in [-0.1, -0.05) is 12.2 Å². The molecule has 0 aromatic carbocycles. The first-order valence-electron chi connectivity index (χ1n) is 5.64. The molecule has 2 nitrogen and oxygen atoms in total. The second kappa shape index (κ2) is 2.10. The molecule has 7 unspecified atom stereocenters. The molecule has 4 fully saturated rings. The van der Waals surface area contributed by atoms with Crippen LogP contribution in [0.4, 0.5) is 0 Å². The van der Waals surface area contributed by atoms with E-state index < -0.39 is 0 Å². The first-order chi connectivity index (χ1) is 6.75. The van der Waals surface area contributed by atoms with Crippen LogP contribution in [0.5, 0.6) is 0 Å². The number of rotatable bonds is 1. The summed E-state index contributed by atoms with van der Waals surface area (Å²) in [5.74, 6) is 2.61. The van der Waals surface area contributed by atoms with Crippen molar-refractivity contribution in [2.45, 2.75) is 31.2 Å². The van der Waals surface area contributed by atoms with Crippen LogP contribution in [0.15, 0.2) is 12.2 Å². The number of hydrogen-bond acceptors (Lipinski definition) is 2. The van der Waals surface area contributed by atoms with Gasteiger partial charge in [0.05, 0.1) is 17.8 Å². The Bertz CT molecular complexity index is 316. The van der Waals surface area contributed by atoms with Crippen LogP contribution in [0, 0.1) is 23.7 Å². The Kier molecular flexibility index (Phi) is 1.18. The molecule has 2 aliphatic heterocycles. The second-order valence-corrected chi connectivity index (χ2v) is 5.43. The highest BCUT2D eigenvalue weighted by molar-refractivity contribution is 5.28. The standard InChI is InChI=1S/C12H16O2/c1-12(13-2)8-5-9-10(12)7-4-3-6(8)11(7)14-9/h3-4,6-11H,5H2,1-2H3. The fourth-order valence-corrected chi connectivity index (χ4v) is 4.65. The Balaban J connectivity index is 1.90. The SMILES string of the molecule is COC1(C)C2CC3OC4C2C=CC4C31. The minimum Gasteiger partial charge on any atom is -0.378 e. The third-order valence-corrected chi connectivity index (χ3v) is 5.25. The summed E-state index contributed by atoms with van der Waals surface area (Å²) in [7, 11) is 1.87. The zero-order valence-corrected chi connectivity index (χ0v) is 8.64. The van der Waals surface area contributed by atoms with E-state index in [0.717, 1.165) is 0 Å². The first-order valence-corrected chi connectivity index (χ1v) is 5.64. The smallest absolute Gasteiger partial charge is 0.0745 e. The molecule has 2 saturated carbocycles. The highest BCUT2D eigenvalue weighted by Crippen LogP contribution is 2.65. The molecule has 0 N–H and O–H groups in total. The average molecular weight is 192 g/mol. The fraction of sp³-hybridized carbons (Fsp3) is 0.833. The molecule has 2 saturated heterocycles. The quantitative estimate of drug-likeness (QED) is 0.588. The van der Waals surface area contributed by atoms with Crippen LogP contribution in [0.25, 0.3) is 0 Å². The van der Waals surface area contributed by atoms with E-state index >= 15 is 0 Å². The van der Waals surface area contributed by atoms with Gasteiger partial charge in [0.15, 0.2) is 0 Å². The Morgan fingerprint density at radius 3 is 2.93 bits per heavy atom. The predicted octanol–water partition coefficient (Wildman–Crippen LogP) is 1.61. The van der Waals surface area contributed by atoms with Gasteiger partial charge >= 0.3 is 0 Å². The lowest BCUT2D eigenvalue weighted by atomic mass is 9.68. The predicted molar refractivity (Wildman–Crippen MR) is 51.8 cm³/mol. The summed E-state index contributed by atoms with van der Waals surface area (Å²) < 4.78 is 11.9. The van der Waals surface area contributed by atoms with Crippen molar-refractivity contribution in [3.8, 4) is 0 Å². The Labute approximate surface area is 84.3 Å². The van der Waals surface area contributed by atoms with Crippen molar-refractivity contribution in [1.82, 2.24) is 0 Å². The molecule has 2 heteroatoms. The molecule has 0 aromatic rings. The van der Waals surface area contributed by atoms with Crippen LogP contribution >= 0.6 is 0 Å². The average Bonchev–Trinajstić information content (AvgIpc) is 2.71. The van der Waals surface area contributed by atoms with Crippen LogP contribution in [0.2, 0.25) is 0 Å². The van der Waals surface area contributed by atoms with Crippen molar-refractivity contribution >= 4 is 0 Å². The van der Waals surface area contributed by atoms with Crippen molar-refractivity contribution in [2.75, 3.05) is 7.11 Å². The minimum absolute atomic E-state index is 0.0799. The van der Waals surface area contributed by atoms with Gasteiger partial charge in [-0.3, -0.25) is 0 Å². The molecule has 5 aliphatic rings. The van der Waals surface area contributed by atoms with Crippen LogP contribution in [0.3, 0.4) is 0 Å². The van der Waals surface area contributed by atoms with Gasteiger partial charge in [0, 0.05) is 24.9 Å². The molecule has 0 amide bonds. The molecular formula is C12H16O2. The van der Waals surface area contributed by atoms with E-state index in [4.69, 9.17) is 9.47 Å². The summed E-state index contributed by atoms with van der Waals surface area (Å²) in [4.78, 5) is 0.